The zero-order chi connectivity index (χ0) is 20.4. The average Bonchev–Trinajstić information content (AvgIpc) is 3.30. The number of anilines is 1. The lowest BCUT2D eigenvalue weighted by Gasteiger charge is -2.25. The first-order chi connectivity index (χ1) is 13.1. The van der Waals surface area contributed by atoms with Gasteiger partial charge in [0.05, 0.1) is 11.2 Å². The minimum Gasteiger partial charge on any atom is -0.369 e. The molecule has 0 spiro atoms. The zero-order valence-corrected chi connectivity index (χ0v) is 17.2. The SMILES string of the molecule is Cc1c(N2CC[C@@H](C(C)N)C2)c(F)cc2cc(S(C)(=O)=O)c(=O)n(C3CC3)c12. The first-order valence-electron chi connectivity index (χ1n) is 9.68. The van der Waals surface area contributed by atoms with Crippen molar-refractivity contribution in [2.24, 2.45) is 11.7 Å². The van der Waals surface area contributed by atoms with Gasteiger partial charge in [0, 0.05) is 36.8 Å². The Kier molecular flexibility index (Phi) is 4.54. The van der Waals surface area contributed by atoms with Gasteiger partial charge in [-0.25, -0.2) is 12.8 Å². The first-order valence-corrected chi connectivity index (χ1v) is 11.6. The molecule has 28 heavy (non-hydrogen) atoms. The predicted molar refractivity (Wildman–Crippen MR) is 108 cm³/mol. The number of pyridine rings is 1. The molecule has 1 aromatic heterocycles. The van der Waals surface area contributed by atoms with Gasteiger partial charge in [-0.1, -0.05) is 0 Å². The quantitative estimate of drug-likeness (QED) is 0.841. The Morgan fingerprint density at radius 2 is 1.93 bits per heavy atom. The van der Waals surface area contributed by atoms with Crippen molar-refractivity contribution in [2.75, 3.05) is 24.2 Å². The van der Waals surface area contributed by atoms with Crippen molar-refractivity contribution in [1.29, 1.82) is 0 Å². The van der Waals surface area contributed by atoms with E-state index in [0.717, 1.165) is 25.5 Å². The molecule has 1 aliphatic heterocycles. The van der Waals surface area contributed by atoms with Gasteiger partial charge >= 0.3 is 0 Å². The highest BCUT2D eigenvalue weighted by atomic mass is 32.2. The van der Waals surface area contributed by atoms with E-state index >= 15 is 4.39 Å². The number of sulfone groups is 1. The fourth-order valence-corrected chi connectivity index (χ4v) is 5.15. The van der Waals surface area contributed by atoms with Crippen LogP contribution in [0, 0.1) is 18.7 Å². The number of nitrogens with two attached hydrogens (primary N) is 1. The van der Waals surface area contributed by atoms with Gasteiger partial charge in [0.1, 0.15) is 10.7 Å². The number of rotatable bonds is 4. The molecule has 0 bridgehead atoms. The molecule has 152 valence electrons. The number of aryl methyl sites for hydroxylation is 1. The third-order valence-corrected chi connectivity index (χ3v) is 7.14. The van der Waals surface area contributed by atoms with E-state index in [1.807, 2.05) is 18.7 Å². The molecule has 2 aliphatic rings. The van der Waals surface area contributed by atoms with Crippen LogP contribution in [0.25, 0.3) is 10.9 Å². The van der Waals surface area contributed by atoms with Crippen LogP contribution in [0.3, 0.4) is 0 Å². The highest BCUT2D eigenvalue weighted by molar-refractivity contribution is 7.90. The molecular weight excluding hydrogens is 381 g/mol. The number of aromatic nitrogens is 1. The Hall–Kier alpha value is -1.93. The molecule has 2 aromatic rings. The summed E-state index contributed by atoms with van der Waals surface area (Å²) in [6, 6.07) is 2.70. The lowest BCUT2D eigenvalue weighted by atomic mass is 10.0. The molecule has 1 unspecified atom stereocenters. The number of hydrogen-bond acceptors (Lipinski definition) is 5. The van der Waals surface area contributed by atoms with E-state index < -0.39 is 21.2 Å². The average molecular weight is 408 g/mol. The summed E-state index contributed by atoms with van der Waals surface area (Å²) in [7, 11) is -3.70. The van der Waals surface area contributed by atoms with Crippen LogP contribution in [0.5, 0.6) is 0 Å². The molecule has 1 saturated heterocycles. The smallest absolute Gasteiger partial charge is 0.270 e. The second-order valence-electron chi connectivity index (χ2n) is 8.31. The number of halogens is 1. The van der Waals surface area contributed by atoms with Gasteiger partial charge < -0.3 is 15.2 Å². The standard InChI is InChI=1S/C20H26FN3O3S/c1-11-18-14(8-16(21)19(11)23-7-6-13(10-23)12(2)22)9-17(28(3,26)27)20(25)24(18)15-4-5-15/h8-9,12-13,15H,4-7,10,22H2,1-3H3/t12?,13-/m1/s1. The number of hydrogen-bond donors (Lipinski definition) is 1. The van der Waals surface area contributed by atoms with Gasteiger partial charge in [-0.05, 0) is 56.7 Å². The second-order valence-corrected chi connectivity index (χ2v) is 10.3. The molecule has 8 heteroatoms. The van der Waals surface area contributed by atoms with Gasteiger partial charge in [-0.2, -0.15) is 0 Å². The van der Waals surface area contributed by atoms with Crippen molar-refractivity contribution in [1.82, 2.24) is 4.57 Å². The minimum atomic E-state index is -3.70. The number of benzene rings is 1. The van der Waals surface area contributed by atoms with Gasteiger partial charge in [0.15, 0.2) is 9.84 Å². The molecule has 6 nitrogen and oxygen atoms in total. The Balaban J connectivity index is 1.96. The molecule has 2 N–H and O–H groups in total. The van der Waals surface area contributed by atoms with Crippen LogP contribution >= 0.6 is 0 Å². The lowest BCUT2D eigenvalue weighted by Crippen LogP contribution is -2.30. The second kappa shape index (κ2) is 6.56. The maximum absolute atomic E-state index is 15.1. The molecule has 2 heterocycles. The number of nitrogens with zero attached hydrogens (tertiary/aromatic N) is 2. The van der Waals surface area contributed by atoms with Crippen molar-refractivity contribution in [2.45, 2.75) is 50.1 Å². The summed E-state index contributed by atoms with van der Waals surface area (Å²) in [4.78, 5) is 14.7. The van der Waals surface area contributed by atoms with Crippen molar-refractivity contribution in [3.63, 3.8) is 0 Å². The summed E-state index contributed by atoms with van der Waals surface area (Å²) in [6.07, 6.45) is 3.56. The van der Waals surface area contributed by atoms with Crippen molar-refractivity contribution in [3.05, 3.63) is 33.9 Å². The third-order valence-electron chi connectivity index (χ3n) is 6.05. The normalized spacial score (nSPS) is 21.5. The minimum absolute atomic E-state index is 0.0240. The molecule has 0 radical (unpaired) electrons. The maximum Gasteiger partial charge on any atom is 0.270 e. The van der Waals surface area contributed by atoms with E-state index in [0.29, 0.717) is 41.2 Å². The van der Waals surface area contributed by atoms with E-state index in [2.05, 4.69) is 0 Å². The van der Waals surface area contributed by atoms with E-state index in [1.54, 1.807) is 4.57 Å². The summed E-state index contributed by atoms with van der Waals surface area (Å²) in [6.45, 7) is 5.17. The Labute approximate surface area is 164 Å². The third kappa shape index (κ3) is 3.12. The Bertz CT molecular complexity index is 1120. The fourth-order valence-electron chi connectivity index (χ4n) is 4.39. The molecule has 0 amide bonds. The van der Waals surface area contributed by atoms with Crippen LogP contribution in [0.15, 0.2) is 21.8 Å². The van der Waals surface area contributed by atoms with E-state index in [4.69, 9.17) is 5.73 Å². The molecule has 2 atom stereocenters. The van der Waals surface area contributed by atoms with Gasteiger partial charge in [0.2, 0.25) is 0 Å². The van der Waals surface area contributed by atoms with Crippen molar-refractivity contribution >= 4 is 26.4 Å². The zero-order valence-electron chi connectivity index (χ0n) is 16.4. The van der Waals surface area contributed by atoms with Crippen LogP contribution in [0.4, 0.5) is 10.1 Å². The summed E-state index contributed by atoms with van der Waals surface area (Å²) >= 11 is 0. The van der Waals surface area contributed by atoms with E-state index in [-0.39, 0.29) is 17.0 Å². The summed E-state index contributed by atoms with van der Waals surface area (Å²) < 4.78 is 40.9. The molecule has 1 aliphatic carbocycles. The molecule has 1 aromatic carbocycles. The van der Waals surface area contributed by atoms with Crippen LogP contribution in [0.2, 0.25) is 0 Å². The topological polar surface area (TPSA) is 85.4 Å². The van der Waals surface area contributed by atoms with E-state index in [9.17, 15) is 13.2 Å². The Morgan fingerprint density at radius 1 is 1.25 bits per heavy atom. The molecule has 1 saturated carbocycles. The highest BCUT2D eigenvalue weighted by Gasteiger charge is 2.33. The first kappa shape index (κ1) is 19.4. The van der Waals surface area contributed by atoms with Gasteiger partial charge in [0.25, 0.3) is 5.56 Å². The lowest BCUT2D eigenvalue weighted by molar-refractivity contribution is 0.487. The van der Waals surface area contributed by atoms with Crippen molar-refractivity contribution in [3.8, 4) is 0 Å². The molecule has 4 rings (SSSR count). The summed E-state index contributed by atoms with van der Waals surface area (Å²) in [5.41, 5.74) is 7.35. The summed E-state index contributed by atoms with van der Waals surface area (Å²) in [5, 5.41) is 0.452. The van der Waals surface area contributed by atoms with Gasteiger partial charge in [-0.3, -0.25) is 4.79 Å². The highest BCUT2D eigenvalue weighted by Crippen LogP contribution is 2.40. The van der Waals surface area contributed by atoms with Crippen LogP contribution in [-0.2, 0) is 9.84 Å². The Morgan fingerprint density at radius 3 is 2.46 bits per heavy atom. The molecular formula is C20H26FN3O3S. The van der Waals surface area contributed by atoms with E-state index in [1.165, 1.54) is 12.1 Å². The van der Waals surface area contributed by atoms with Crippen LogP contribution in [0.1, 0.15) is 37.8 Å². The molecule has 2 fully saturated rings. The van der Waals surface area contributed by atoms with Crippen LogP contribution in [-0.4, -0.2) is 38.4 Å². The van der Waals surface area contributed by atoms with Crippen LogP contribution < -0.4 is 16.2 Å². The number of fused-ring (bicyclic) bond motifs is 1. The summed E-state index contributed by atoms with van der Waals surface area (Å²) in [5.74, 6) is -0.0940. The van der Waals surface area contributed by atoms with Gasteiger partial charge in [-0.15, -0.1) is 0 Å². The monoisotopic (exact) mass is 407 g/mol. The predicted octanol–water partition coefficient (Wildman–Crippen LogP) is 2.36. The van der Waals surface area contributed by atoms with Crippen molar-refractivity contribution < 1.29 is 12.8 Å². The largest absolute Gasteiger partial charge is 0.369 e. The fraction of sp³-hybridized carbons (Fsp3) is 0.550. The maximum atomic E-state index is 15.1.